The van der Waals surface area contributed by atoms with Crippen molar-refractivity contribution in [1.29, 1.82) is 0 Å². The normalized spacial score (nSPS) is 16.8. The zero-order valence-electron chi connectivity index (χ0n) is 7.78. The molecule has 1 heterocycles. The minimum atomic E-state index is 0.778. The van der Waals surface area contributed by atoms with Crippen LogP contribution >= 0.6 is 11.3 Å². The van der Waals surface area contributed by atoms with Crippen molar-refractivity contribution in [3.63, 3.8) is 0 Å². The molecule has 0 radical (unpaired) electrons. The predicted molar refractivity (Wildman–Crippen MR) is 56.8 cm³/mol. The molecule has 0 atom stereocenters. The lowest BCUT2D eigenvalue weighted by atomic mass is 10.3. The fourth-order valence-corrected chi connectivity index (χ4v) is 2.27. The minimum Gasteiger partial charge on any atom is -0.329 e. The zero-order valence-corrected chi connectivity index (χ0v) is 8.59. The van der Waals surface area contributed by atoms with Gasteiger partial charge in [0.2, 0.25) is 0 Å². The first kappa shape index (κ1) is 9.19. The molecule has 2 rings (SSSR count). The van der Waals surface area contributed by atoms with Gasteiger partial charge in [-0.15, -0.1) is 0 Å². The molecule has 0 unspecified atom stereocenters. The van der Waals surface area contributed by atoms with Crippen LogP contribution in [0.15, 0.2) is 16.8 Å². The van der Waals surface area contributed by atoms with Crippen LogP contribution in [-0.2, 0) is 6.54 Å². The average molecular weight is 196 g/mol. The van der Waals surface area contributed by atoms with Crippen molar-refractivity contribution < 1.29 is 0 Å². The van der Waals surface area contributed by atoms with E-state index in [2.05, 4.69) is 21.7 Å². The molecule has 1 aromatic rings. The Kier molecular flexibility index (Phi) is 2.98. The smallest absolute Gasteiger partial charge is 0.0245 e. The lowest BCUT2D eigenvalue weighted by Gasteiger charge is -2.20. The Morgan fingerprint density at radius 1 is 1.54 bits per heavy atom. The van der Waals surface area contributed by atoms with E-state index in [0.717, 1.165) is 25.7 Å². The van der Waals surface area contributed by atoms with E-state index in [1.165, 1.54) is 18.4 Å². The topological polar surface area (TPSA) is 29.3 Å². The maximum Gasteiger partial charge on any atom is 0.0245 e. The molecule has 1 saturated carbocycles. The molecule has 13 heavy (non-hydrogen) atoms. The van der Waals surface area contributed by atoms with Gasteiger partial charge in [-0.25, -0.2) is 0 Å². The third kappa shape index (κ3) is 2.53. The highest BCUT2D eigenvalue weighted by Crippen LogP contribution is 2.28. The van der Waals surface area contributed by atoms with Crippen molar-refractivity contribution in [2.24, 2.45) is 5.73 Å². The lowest BCUT2D eigenvalue weighted by molar-refractivity contribution is 0.262. The molecule has 1 aromatic heterocycles. The lowest BCUT2D eigenvalue weighted by Crippen LogP contribution is -2.30. The van der Waals surface area contributed by atoms with Crippen LogP contribution in [0.2, 0.25) is 0 Å². The van der Waals surface area contributed by atoms with Gasteiger partial charge < -0.3 is 5.73 Å². The van der Waals surface area contributed by atoms with Crippen LogP contribution in [0.4, 0.5) is 0 Å². The van der Waals surface area contributed by atoms with Crippen LogP contribution < -0.4 is 5.73 Å². The van der Waals surface area contributed by atoms with E-state index in [1.807, 2.05) is 0 Å². The van der Waals surface area contributed by atoms with Crippen molar-refractivity contribution in [1.82, 2.24) is 4.90 Å². The summed E-state index contributed by atoms with van der Waals surface area (Å²) in [7, 11) is 0. The molecule has 3 heteroatoms. The molecular formula is C10H16N2S. The number of nitrogens with two attached hydrogens (primary N) is 1. The van der Waals surface area contributed by atoms with Crippen LogP contribution in [0, 0.1) is 0 Å². The number of thiophene rings is 1. The Morgan fingerprint density at radius 3 is 2.92 bits per heavy atom. The van der Waals surface area contributed by atoms with E-state index in [-0.39, 0.29) is 0 Å². The van der Waals surface area contributed by atoms with Crippen LogP contribution in [-0.4, -0.2) is 24.0 Å². The highest BCUT2D eigenvalue weighted by atomic mass is 32.1. The fraction of sp³-hybridized carbons (Fsp3) is 0.600. The van der Waals surface area contributed by atoms with Crippen LogP contribution in [0.25, 0.3) is 0 Å². The van der Waals surface area contributed by atoms with Gasteiger partial charge in [0.25, 0.3) is 0 Å². The second kappa shape index (κ2) is 4.22. The monoisotopic (exact) mass is 196 g/mol. The van der Waals surface area contributed by atoms with Gasteiger partial charge in [-0.1, -0.05) is 0 Å². The molecule has 2 N–H and O–H groups in total. The van der Waals surface area contributed by atoms with Gasteiger partial charge in [-0.2, -0.15) is 11.3 Å². The van der Waals surface area contributed by atoms with Crippen molar-refractivity contribution in [2.75, 3.05) is 13.1 Å². The highest BCUT2D eigenvalue weighted by molar-refractivity contribution is 7.07. The summed E-state index contributed by atoms with van der Waals surface area (Å²) in [4.78, 5) is 2.50. The summed E-state index contributed by atoms with van der Waals surface area (Å²) in [5.41, 5.74) is 7.02. The van der Waals surface area contributed by atoms with E-state index >= 15 is 0 Å². The van der Waals surface area contributed by atoms with Gasteiger partial charge >= 0.3 is 0 Å². The Hall–Kier alpha value is -0.380. The molecule has 72 valence electrons. The second-order valence-electron chi connectivity index (χ2n) is 3.62. The van der Waals surface area contributed by atoms with Crippen molar-refractivity contribution in [3.8, 4) is 0 Å². The largest absolute Gasteiger partial charge is 0.329 e. The van der Waals surface area contributed by atoms with Gasteiger partial charge in [-0.3, -0.25) is 4.90 Å². The second-order valence-corrected chi connectivity index (χ2v) is 4.40. The summed E-state index contributed by atoms with van der Waals surface area (Å²) in [6, 6.07) is 3.03. The van der Waals surface area contributed by atoms with Gasteiger partial charge in [0.15, 0.2) is 0 Å². The Bertz CT molecular complexity index is 241. The third-order valence-corrected chi connectivity index (χ3v) is 3.18. The van der Waals surface area contributed by atoms with E-state index < -0.39 is 0 Å². The van der Waals surface area contributed by atoms with Gasteiger partial charge in [0.1, 0.15) is 0 Å². The molecule has 0 bridgehead atoms. The number of rotatable bonds is 5. The maximum absolute atomic E-state index is 5.58. The molecule has 0 aromatic carbocycles. The SMILES string of the molecule is NCCN(Cc1ccsc1)C1CC1. The fourth-order valence-electron chi connectivity index (χ4n) is 1.61. The van der Waals surface area contributed by atoms with E-state index in [1.54, 1.807) is 11.3 Å². The van der Waals surface area contributed by atoms with Crippen molar-refractivity contribution in [3.05, 3.63) is 22.4 Å². The molecule has 0 amide bonds. The summed E-state index contributed by atoms with van der Waals surface area (Å²) in [5.74, 6) is 0. The van der Waals surface area contributed by atoms with Crippen molar-refractivity contribution in [2.45, 2.75) is 25.4 Å². The summed E-state index contributed by atoms with van der Waals surface area (Å²) in [5, 5.41) is 4.37. The first-order valence-electron chi connectivity index (χ1n) is 4.85. The molecule has 0 saturated heterocycles. The molecule has 1 fully saturated rings. The Morgan fingerprint density at radius 2 is 2.38 bits per heavy atom. The molecular weight excluding hydrogens is 180 g/mol. The van der Waals surface area contributed by atoms with Gasteiger partial charge in [0, 0.05) is 25.7 Å². The molecule has 1 aliphatic carbocycles. The number of hydrogen-bond donors (Lipinski definition) is 1. The van der Waals surface area contributed by atoms with Crippen LogP contribution in [0.1, 0.15) is 18.4 Å². The zero-order chi connectivity index (χ0) is 9.10. The Labute approximate surface area is 83.4 Å². The Balaban J connectivity index is 1.89. The van der Waals surface area contributed by atoms with E-state index in [0.29, 0.717) is 0 Å². The maximum atomic E-state index is 5.58. The standard InChI is InChI=1S/C10H16N2S/c11-4-5-12(10-1-2-10)7-9-3-6-13-8-9/h3,6,8,10H,1-2,4-5,7,11H2. The predicted octanol–water partition coefficient (Wildman–Crippen LogP) is 1.67. The van der Waals surface area contributed by atoms with Gasteiger partial charge in [-0.05, 0) is 35.2 Å². The quantitative estimate of drug-likeness (QED) is 0.776. The summed E-state index contributed by atoms with van der Waals surface area (Å²) < 4.78 is 0. The van der Waals surface area contributed by atoms with E-state index in [9.17, 15) is 0 Å². The van der Waals surface area contributed by atoms with E-state index in [4.69, 9.17) is 5.73 Å². The first-order chi connectivity index (χ1) is 6.40. The summed E-state index contributed by atoms with van der Waals surface area (Å²) in [6.45, 7) is 2.91. The first-order valence-corrected chi connectivity index (χ1v) is 5.79. The number of nitrogens with zero attached hydrogens (tertiary/aromatic N) is 1. The molecule has 0 aliphatic heterocycles. The van der Waals surface area contributed by atoms with Crippen LogP contribution in [0.5, 0.6) is 0 Å². The minimum absolute atomic E-state index is 0.778. The van der Waals surface area contributed by atoms with Crippen LogP contribution in [0.3, 0.4) is 0 Å². The van der Waals surface area contributed by atoms with Gasteiger partial charge in [0.05, 0.1) is 0 Å². The number of hydrogen-bond acceptors (Lipinski definition) is 3. The van der Waals surface area contributed by atoms with Crippen molar-refractivity contribution >= 4 is 11.3 Å². The molecule has 1 aliphatic rings. The summed E-state index contributed by atoms with van der Waals surface area (Å²) >= 11 is 1.77. The molecule has 2 nitrogen and oxygen atoms in total. The average Bonchev–Trinajstić information content (AvgIpc) is 2.85. The highest BCUT2D eigenvalue weighted by Gasteiger charge is 2.28. The molecule has 0 spiro atoms. The third-order valence-electron chi connectivity index (χ3n) is 2.45. The summed E-state index contributed by atoms with van der Waals surface area (Å²) in [6.07, 6.45) is 2.73.